The molecule has 0 radical (unpaired) electrons. The summed E-state index contributed by atoms with van der Waals surface area (Å²) in [5.74, 6) is -0.295. The van der Waals surface area contributed by atoms with Gasteiger partial charge in [0.15, 0.2) is 11.6 Å². The van der Waals surface area contributed by atoms with Crippen molar-refractivity contribution in [3.05, 3.63) is 24.0 Å². The van der Waals surface area contributed by atoms with Crippen LogP contribution in [-0.2, 0) is 4.79 Å². The maximum atomic E-state index is 13.4. The Labute approximate surface area is 105 Å². The minimum atomic E-state index is -0.447. The van der Waals surface area contributed by atoms with Crippen LogP contribution < -0.4 is 20.9 Å². The third-order valence-electron chi connectivity index (χ3n) is 2.83. The zero-order valence-corrected chi connectivity index (χ0v) is 10.1. The lowest BCUT2D eigenvalue weighted by Gasteiger charge is -2.23. The van der Waals surface area contributed by atoms with E-state index in [1.54, 1.807) is 6.07 Å². The molecule has 0 spiro atoms. The highest BCUT2D eigenvalue weighted by atomic mass is 19.1. The Morgan fingerprint density at radius 3 is 3.00 bits per heavy atom. The van der Waals surface area contributed by atoms with Gasteiger partial charge in [0.25, 0.3) is 0 Å². The van der Waals surface area contributed by atoms with Crippen LogP contribution in [0.2, 0.25) is 0 Å². The van der Waals surface area contributed by atoms with E-state index in [0.29, 0.717) is 12.2 Å². The second kappa shape index (κ2) is 5.68. The number of amides is 1. The van der Waals surface area contributed by atoms with E-state index in [1.807, 2.05) is 0 Å². The number of halogens is 1. The number of benzene rings is 1. The van der Waals surface area contributed by atoms with Crippen molar-refractivity contribution in [2.24, 2.45) is 0 Å². The lowest BCUT2D eigenvalue weighted by molar-refractivity contribution is -0.124. The topological polar surface area (TPSA) is 62.4 Å². The molecule has 1 aliphatic rings. The third kappa shape index (κ3) is 2.89. The molecule has 1 fully saturated rings. The van der Waals surface area contributed by atoms with Gasteiger partial charge in [0.05, 0.1) is 12.8 Å². The van der Waals surface area contributed by atoms with Gasteiger partial charge in [-0.2, -0.15) is 0 Å². The number of ether oxygens (including phenoxy) is 1. The van der Waals surface area contributed by atoms with Crippen molar-refractivity contribution >= 4 is 11.6 Å². The van der Waals surface area contributed by atoms with Gasteiger partial charge in [0.2, 0.25) is 5.91 Å². The maximum Gasteiger partial charge on any atom is 0.238 e. The van der Waals surface area contributed by atoms with Gasteiger partial charge >= 0.3 is 0 Å². The summed E-state index contributed by atoms with van der Waals surface area (Å²) in [6, 6.07) is 4.23. The van der Waals surface area contributed by atoms with Crippen molar-refractivity contribution in [1.29, 1.82) is 0 Å². The van der Waals surface area contributed by atoms with Crippen LogP contribution in [0.1, 0.15) is 12.8 Å². The predicted octanol–water partition coefficient (Wildman–Crippen LogP) is 1.03. The summed E-state index contributed by atoms with van der Waals surface area (Å²) in [7, 11) is 1.41. The van der Waals surface area contributed by atoms with E-state index in [9.17, 15) is 9.18 Å². The molecule has 2 rings (SSSR count). The first kappa shape index (κ1) is 12.6. The summed E-state index contributed by atoms with van der Waals surface area (Å²) >= 11 is 0. The average Bonchev–Trinajstić information content (AvgIpc) is 2.38. The first-order chi connectivity index (χ1) is 8.70. The van der Waals surface area contributed by atoms with Crippen molar-refractivity contribution in [3.63, 3.8) is 0 Å². The lowest BCUT2D eigenvalue weighted by atomic mass is 10.1. The molecule has 3 N–H and O–H groups in total. The van der Waals surface area contributed by atoms with Crippen molar-refractivity contribution in [3.8, 4) is 5.75 Å². The molecule has 1 aromatic rings. The SMILES string of the molecule is COc1ccc(NNC2CCCNC2=O)cc1F. The fourth-order valence-corrected chi connectivity index (χ4v) is 1.82. The normalized spacial score (nSPS) is 19.2. The molecule has 5 nitrogen and oxygen atoms in total. The van der Waals surface area contributed by atoms with Gasteiger partial charge in [0, 0.05) is 12.6 Å². The monoisotopic (exact) mass is 253 g/mol. The molecule has 1 aliphatic heterocycles. The number of carbonyl (C=O) groups is 1. The van der Waals surface area contributed by atoms with Gasteiger partial charge in [-0.15, -0.1) is 0 Å². The molecule has 0 aromatic heterocycles. The molecule has 1 atom stereocenters. The van der Waals surface area contributed by atoms with Crippen molar-refractivity contribution < 1.29 is 13.9 Å². The van der Waals surface area contributed by atoms with Crippen LogP contribution in [0.4, 0.5) is 10.1 Å². The number of nitrogens with one attached hydrogen (secondary N) is 3. The van der Waals surface area contributed by atoms with Gasteiger partial charge in [-0.25, -0.2) is 9.82 Å². The third-order valence-corrected chi connectivity index (χ3v) is 2.83. The molecule has 0 saturated carbocycles. The molecular weight excluding hydrogens is 237 g/mol. The van der Waals surface area contributed by atoms with E-state index in [4.69, 9.17) is 4.74 Å². The van der Waals surface area contributed by atoms with Gasteiger partial charge in [-0.1, -0.05) is 0 Å². The van der Waals surface area contributed by atoms with Crippen LogP contribution in [0.5, 0.6) is 5.75 Å². The Bertz CT molecular complexity index is 439. The number of methoxy groups -OCH3 is 1. The van der Waals surface area contributed by atoms with E-state index in [0.717, 1.165) is 12.8 Å². The number of anilines is 1. The molecule has 18 heavy (non-hydrogen) atoms. The zero-order chi connectivity index (χ0) is 13.0. The predicted molar refractivity (Wildman–Crippen MR) is 65.7 cm³/mol. The number of hydrogen-bond donors (Lipinski definition) is 3. The largest absolute Gasteiger partial charge is 0.494 e. The number of hydrazine groups is 1. The highest BCUT2D eigenvalue weighted by Crippen LogP contribution is 2.20. The Kier molecular flexibility index (Phi) is 3.99. The van der Waals surface area contributed by atoms with Crippen molar-refractivity contribution in [2.45, 2.75) is 18.9 Å². The van der Waals surface area contributed by atoms with Crippen LogP contribution in [0, 0.1) is 5.82 Å². The van der Waals surface area contributed by atoms with Crippen LogP contribution in [0.3, 0.4) is 0 Å². The lowest BCUT2D eigenvalue weighted by Crippen LogP contribution is -2.50. The Morgan fingerprint density at radius 2 is 2.33 bits per heavy atom. The Balaban J connectivity index is 1.93. The highest BCUT2D eigenvalue weighted by Gasteiger charge is 2.21. The van der Waals surface area contributed by atoms with E-state index in [2.05, 4.69) is 16.2 Å². The molecule has 0 bridgehead atoms. The van der Waals surface area contributed by atoms with Crippen LogP contribution in [0.15, 0.2) is 18.2 Å². The summed E-state index contributed by atoms with van der Waals surface area (Å²) in [5, 5.41) is 2.76. The summed E-state index contributed by atoms with van der Waals surface area (Å²) < 4.78 is 18.2. The quantitative estimate of drug-likeness (QED) is 0.701. The zero-order valence-electron chi connectivity index (χ0n) is 10.1. The molecular formula is C12H16FN3O2. The summed E-state index contributed by atoms with van der Waals surface area (Å²) in [6.45, 7) is 0.716. The van der Waals surface area contributed by atoms with Gasteiger partial charge in [-0.05, 0) is 25.0 Å². The summed E-state index contributed by atoms with van der Waals surface area (Å²) in [4.78, 5) is 11.5. The first-order valence-corrected chi connectivity index (χ1v) is 5.83. The first-order valence-electron chi connectivity index (χ1n) is 5.83. The van der Waals surface area contributed by atoms with Gasteiger partial charge in [-0.3, -0.25) is 4.79 Å². The second-order valence-electron chi connectivity index (χ2n) is 4.10. The van der Waals surface area contributed by atoms with E-state index in [-0.39, 0.29) is 17.7 Å². The van der Waals surface area contributed by atoms with Crippen LogP contribution in [-0.4, -0.2) is 25.6 Å². The van der Waals surface area contributed by atoms with Crippen molar-refractivity contribution in [1.82, 2.24) is 10.7 Å². The summed E-state index contributed by atoms with van der Waals surface area (Å²) in [5.41, 5.74) is 6.26. The van der Waals surface area contributed by atoms with Crippen molar-refractivity contribution in [2.75, 3.05) is 19.1 Å². The maximum absolute atomic E-state index is 13.4. The Hall–Kier alpha value is -1.82. The van der Waals surface area contributed by atoms with Gasteiger partial charge < -0.3 is 15.5 Å². The molecule has 1 unspecified atom stereocenters. The molecule has 1 saturated heterocycles. The second-order valence-corrected chi connectivity index (χ2v) is 4.10. The molecule has 1 heterocycles. The average molecular weight is 253 g/mol. The van der Waals surface area contributed by atoms with E-state index in [1.165, 1.54) is 19.2 Å². The molecule has 1 aromatic carbocycles. The molecule has 1 amide bonds. The van der Waals surface area contributed by atoms with Gasteiger partial charge in [0.1, 0.15) is 6.04 Å². The smallest absolute Gasteiger partial charge is 0.238 e. The number of hydrogen-bond acceptors (Lipinski definition) is 4. The highest BCUT2D eigenvalue weighted by molar-refractivity contribution is 5.82. The van der Waals surface area contributed by atoms with Crippen LogP contribution in [0.25, 0.3) is 0 Å². The number of piperidine rings is 1. The number of carbonyl (C=O) groups excluding carboxylic acids is 1. The molecule has 0 aliphatic carbocycles. The van der Waals surface area contributed by atoms with E-state index < -0.39 is 5.82 Å². The standard InChI is InChI=1S/C12H16FN3O2/c1-18-11-5-4-8(7-9(11)13)15-16-10-3-2-6-14-12(10)17/h4-5,7,10,15-16H,2-3,6H2,1H3,(H,14,17). The van der Waals surface area contributed by atoms with Crippen LogP contribution >= 0.6 is 0 Å². The fraction of sp³-hybridized carbons (Fsp3) is 0.417. The summed E-state index contributed by atoms with van der Waals surface area (Å²) in [6.07, 6.45) is 1.69. The number of rotatable bonds is 4. The fourth-order valence-electron chi connectivity index (χ4n) is 1.82. The molecule has 6 heteroatoms. The van der Waals surface area contributed by atoms with E-state index >= 15 is 0 Å². The minimum Gasteiger partial charge on any atom is -0.494 e. The Morgan fingerprint density at radius 1 is 1.50 bits per heavy atom. The minimum absolute atomic E-state index is 0.0391. The molecule has 98 valence electrons.